The van der Waals surface area contributed by atoms with Gasteiger partial charge in [-0.1, -0.05) is 48.8 Å². The maximum Gasteiger partial charge on any atom is 0.341 e. The molecule has 2 aromatic carbocycles. The van der Waals surface area contributed by atoms with E-state index in [1.165, 1.54) is 10.9 Å². The molecule has 0 radical (unpaired) electrons. The number of fused-ring (bicyclic) bond motifs is 1. The summed E-state index contributed by atoms with van der Waals surface area (Å²) in [7, 11) is 0. The molecular weight excluding hydrogens is 438 g/mol. The summed E-state index contributed by atoms with van der Waals surface area (Å²) in [5.74, 6) is -0.203. The van der Waals surface area contributed by atoms with Gasteiger partial charge in [-0.3, -0.25) is 4.79 Å². The highest BCUT2D eigenvalue weighted by molar-refractivity contribution is 9.10. The predicted molar refractivity (Wildman–Crippen MR) is 115 cm³/mol. The molecule has 8 heteroatoms. The van der Waals surface area contributed by atoms with Crippen molar-refractivity contribution >= 4 is 39.0 Å². The second kappa shape index (κ2) is 8.16. The van der Waals surface area contributed by atoms with Crippen molar-refractivity contribution in [2.24, 2.45) is 5.10 Å². The standard InChI is InChI=1S/C21H20BrN3O4/c1-21(2,3)20-24-16-9-8-14(22)10-15(16)19(28)25(20)23-11-13-6-4-5-7-17(13)29-12-18(26)27/h4-11H,12H2,1-3H3,(H,26,27). The van der Waals surface area contributed by atoms with E-state index < -0.39 is 18.0 Å². The van der Waals surface area contributed by atoms with Crippen LogP contribution in [0.25, 0.3) is 10.9 Å². The van der Waals surface area contributed by atoms with Gasteiger partial charge in [0.15, 0.2) is 6.61 Å². The number of hydrogen-bond acceptors (Lipinski definition) is 5. The Morgan fingerprint density at radius 2 is 2.00 bits per heavy atom. The number of benzene rings is 2. The Morgan fingerprint density at radius 1 is 1.28 bits per heavy atom. The summed E-state index contributed by atoms with van der Waals surface area (Å²) in [6, 6.07) is 12.2. The molecule has 0 amide bonds. The molecule has 3 rings (SSSR count). The van der Waals surface area contributed by atoms with Crippen LogP contribution in [0.15, 0.2) is 56.8 Å². The van der Waals surface area contributed by atoms with Crippen LogP contribution in [0.3, 0.4) is 0 Å². The summed E-state index contributed by atoms with van der Waals surface area (Å²) in [5.41, 5.74) is 0.424. The first-order chi connectivity index (χ1) is 13.7. The molecule has 0 spiro atoms. The van der Waals surface area contributed by atoms with Gasteiger partial charge in [0, 0.05) is 15.5 Å². The molecule has 3 aromatic rings. The van der Waals surface area contributed by atoms with Crippen molar-refractivity contribution in [2.45, 2.75) is 26.2 Å². The van der Waals surface area contributed by atoms with Crippen molar-refractivity contribution in [3.05, 3.63) is 68.7 Å². The smallest absolute Gasteiger partial charge is 0.341 e. The number of nitrogens with zero attached hydrogens (tertiary/aromatic N) is 3. The molecule has 29 heavy (non-hydrogen) atoms. The molecular formula is C21H20BrN3O4. The van der Waals surface area contributed by atoms with E-state index in [9.17, 15) is 9.59 Å². The number of carbonyl (C=O) groups is 1. The summed E-state index contributed by atoms with van der Waals surface area (Å²) in [4.78, 5) is 28.6. The van der Waals surface area contributed by atoms with Gasteiger partial charge in [-0.2, -0.15) is 9.78 Å². The first-order valence-electron chi connectivity index (χ1n) is 8.87. The SMILES string of the molecule is CC(C)(C)c1nc2ccc(Br)cc2c(=O)n1N=Cc1ccccc1OCC(=O)O. The number of aliphatic carboxylic acids is 1. The summed E-state index contributed by atoms with van der Waals surface area (Å²) >= 11 is 3.38. The number of aromatic nitrogens is 2. The fraction of sp³-hybridized carbons (Fsp3) is 0.238. The number of carboxylic acids is 1. The molecule has 0 atom stereocenters. The van der Waals surface area contributed by atoms with Crippen LogP contribution >= 0.6 is 15.9 Å². The van der Waals surface area contributed by atoms with Crippen LogP contribution in [0, 0.1) is 0 Å². The largest absolute Gasteiger partial charge is 0.481 e. The molecule has 1 heterocycles. The second-order valence-corrected chi connectivity index (χ2v) is 8.34. The number of ether oxygens (including phenoxy) is 1. The maximum atomic E-state index is 13.1. The third-order valence-electron chi connectivity index (χ3n) is 4.06. The minimum absolute atomic E-state index is 0.290. The molecule has 150 valence electrons. The van der Waals surface area contributed by atoms with Crippen LogP contribution in [0.1, 0.15) is 32.2 Å². The molecule has 0 saturated carbocycles. The van der Waals surface area contributed by atoms with Crippen molar-refractivity contribution in [2.75, 3.05) is 6.61 Å². The highest BCUT2D eigenvalue weighted by Crippen LogP contribution is 2.23. The zero-order valence-corrected chi connectivity index (χ0v) is 17.8. The molecule has 1 aromatic heterocycles. The van der Waals surface area contributed by atoms with Crippen LogP contribution in [-0.2, 0) is 10.2 Å². The van der Waals surface area contributed by atoms with Crippen LogP contribution in [0.5, 0.6) is 5.75 Å². The van der Waals surface area contributed by atoms with Gasteiger partial charge in [-0.25, -0.2) is 9.78 Å². The Labute approximate surface area is 175 Å². The van der Waals surface area contributed by atoms with E-state index in [-0.39, 0.29) is 5.56 Å². The molecule has 0 unspecified atom stereocenters. The van der Waals surface area contributed by atoms with Gasteiger partial charge in [-0.05, 0) is 30.3 Å². The number of hydrogen-bond donors (Lipinski definition) is 1. The van der Waals surface area contributed by atoms with E-state index in [2.05, 4.69) is 26.0 Å². The molecule has 0 aliphatic carbocycles. The summed E-state index contributed by atoms with van der Waals surface area (Å²) in [6.07, 6.45) is 1.47. The Hall–Kier alpha value is -3.00. The Kier molecular flexibility index (Phi) is 5.83. The van der Waals surface area contributed by atoms with Crippen LogP contribution in [0.4, 0.5) is 0 Å². The minimum Gasteiger partial charge on any atom is -0.481 e. The van der Waals surface area contributed by atoms with Crippen molar-refractivity contribution in [3.8, 4) is 5.75 Å². The second-order valence-electron chi connectivity index (χ2n) is 7.43. The van der Waals surface area contributed by atoms with Crippen molar-refractivity contribution in [3.63, 3.8) is 0 Å². The Bertz CT molecular complexity index is 1160. The van der Waals surface area contributed by atoms with Gasteiger partial charge >= 0.3 is 5.97 Å². The predicted octanol–water partition coefficient (Wildman–Crippen LogP) is 3.80. The summed E-state index contributed by atoms with van der Waals surface area (Å²) in [5, 5.41) is 13.7. The zero-order chi connectivity index (χ0) is 21.2. The van der Waals surface area contributed by atoms with Gasteiger partial charge in [-0.15, -0.1) is 0 Å². The molecule has 0 aliphatic rings. The van der Waals surface area contributed by atoms with E-state index in [0.717, 1.165) is 4.47 Å². The van der Waals surface area contributed by atoms with E-state index >= 15 is 0 Å². The molecule has 0 bridgehead atoms. The lowest BCUT2D eigenvalue weighted by molar-refractivity contribution is -0.139. The fourth-order valence-electron chi connectivity index (χ4n) is 2.72. The van der Waals surface area contributed by atoms with Gasteiger partial charge in [0.05, 0.1) is 17.1 Å². The van der Waals surface area contributed by atoms with E-state index in [4.69, 9.17) is 9.84 Å². The van der Waals surface area contributed by atoms with Crippen molar-refractivity contribution < 1.29 is 14.6 Å². The monoisotopic (exact) mass is 457 g/mol. The fourth-order valence-corrected chi connectivity index (χ4v) is 3.08. The van der Waals surface area contributed by atoms with Crippen LogP contribution in [-0.4, -0.2) is 33.6 Å². The van der Waals surface area contributed by atoms with Crippen LogP contribution in [0.2, 0.25) is 0 Å². The summed E-state index contributed by atoms with van der Waals surface area (Å²) in [6.45, 7) is 5.39. The average Bonchev–Trinajstić information content (AvgIpc) is 2.65. The Balaban J connectivity index is 2.14. The third kappa shape index (κ3) is 4.71. The van der Waals surface area contributed by atoms with Gasteiger partial charge in [0.25, 0.3) is 5.56 Å². The van der Waals surface area contributed by atoms with Gasteiger partial charge in [0.1, 0.15) is 11.6 Å². The van der Waals surface area contributed by atoms with E-state index in [0.29, 0.717) is 28.0 Å². The lowest BCUT2D eigenvalue weighted by Gasteiger charge is -2.21. The van der Waals surface area contributed by atoms with Crippen molar-refractivity contribution in [1.29, 1.82) is 0 Å². The normalized spacial score (nSPS) is 11.9. The first kappa shape index (κ1) is 20.7. The quantitative estimate of drug-likeness (QED) is 0.587. The lowest BCUT2D eigenvalue weighted by Crippen LogP contribution is -2.29. The topological polar surface area (TPSA) is 93.8 Å². The van der Waals surface area contributed by atoms with Gasteiger partial charge in [0.2, 0.25) is 0 Å². The number of para-hydroxylation sites is 1. The van der Waals surface area contributed by atoms with E-state index in [1.807, 2.05) is 26.8 Å². The van der Waals surface area contributed by atoms with Crippen LogP contribution < -0.4 is 10.3 Å². The van der Waals surface area contributed by atoms with Crippen molar-refractivity contribution in [1.82, 2.24) is 9.66 Å². The zero-order valence-electron chi connectivity index (χ0n) is 16.2. The molecule has 0 aliphatic heterocycles. The molecule has 1 N–H and O–H groups in total. The Morgan fingerprint density at radius 3 is 2.69 bits per heavy atom. The number of halogens is 1. The molecule has 0 fully saturated rings. The highest BCUT2D eigenvalue weighted by atomic mass is 79.9. The lowest BCUT2D eigenvalue weighted by atomic mass is 9.95. The summed E-state index contributed by atoms with van der Waals surface area (Å²) < 4.78 is 7.35. The highest BCUT2D eigenvalue weighted by Gasteiger charge is 2.23. The van der Waals surface area contributed by atoms with E-state index in [1.54, 1.807) is 36.4 Å². The minimum atomic E-state index is -1.08. The number of rotatable bonds is 5. The third-order valence-corrected chi connectivity index (χ3v) is 4.55. The first-order valence-corrected chi connectivity index (χ1v) is 9.67. The average molecular weight is 458 g/mol. The van der Waals surface area contributed by atoms with Gasteiger partial charge < -0.3 is 9.84 Å². The maximum absolute atomic E-state index is 13.1. The molecule has 7 nitrogen and oxygen atoms in total. The number of carboxylic acid groups (broad SMARTS) is 1. The molecule has 0 saturated heterocycles.